The molecule has 0 heterocycles. The number of hydrogen-bond donors (Lipinski definition) is 1. The fourth-order valence-electron chi connectivity index (χ4n) is 2.98. The molecule has 0 atom stereocenters. The molecule has 0 saturated carbocycles. The lowest BCUT2D eigenvalue weighted by Crippen LogP contribution is -1.98. The Hall–Kier alpha value is -2.28. The second kappa shape index (κ2) is 3.36. The maximum atomic E-state index is 6.09. The normalized spacial score (nSPS) is 13.3. The predicted molar refractivity (Wildman–Crippen MR) is 78.6 cm³/mol. The van der Waals surface area contributed by atoms with Gasteiger partial charge in [-0.05, 0) is 39.6 Å². The number of nitrogen functional groups attached to an aromatic ring is 1. The van der Waals surface area contributed by atoms with E-state index in [1.807, 2.05) is 6.07 Å². The summed E-state index contributed by atoms with van der Waals surface area (Å²) in [6.07, 6.45) is 5.35. The molecule has 0 radical (unpaired) electrons. The first-order valence-electron chi connectivity index (χ1n) is 6.24. The molecule has 1 nitrogen and oxygen atoms in total. The standard InChI is InChI=1S/C17H13N/c18-16-9-8-14-13-6-2-1-4-11(13)10-12-5-3-7-15(16)17(12)14/h1-4,6-10H,5,18H2. The fraction of sp³-hybridized carbons (Fsp3) is 0.0588. The predicted octanol–water partition coefficient (Wildman–Crippen LogP) is 4.14. The Morgan fingerprint density at radius 3 is 2.78 bits per heavy atom. The van der Waals surface area contributed by atoms with E-state index in [0.29, 0.717) is 0 Å². The molecular formula is C17H13N. The third kappa shape index (κ3) is 1.16. The van der Waals surface area contributed by atoms with Gasteiger partial charge in [-0.25, -0.2) is 0 Å². The molecule has 4 rings (SSSR count). The van der Waals surface area contributed by atoms with Gasteiger partial charge in [-0.3, -0.25) is 0 Å². The second-order valence-corrected chi connectivity index (χ2v) is 4.85. The highest BCUT2D eigenvalue weighted by Crippen LogP contribution is 2.36. The molecule has 18 heavy (non-hydrogen) atoms. The first kappa shape index (κ1) is 9.72. The molecule has 0 fully saturated rings. The van der Waals surface area contributed by atoms with Gasteiger partial charge in [0, 0.05) is 11.3 Å². The summed E-state index contributed by atoms with van der Waals surface area (Å²) in [6.45, 7) is 0. The summed E-state index contributed by atoms with van der Waals surface area (Å²) in [6, 6.07) is 15.0. The van der Waals surface area contributed by atoms with Crippen LogP contribution in [-0.2, 0) is 6.42 Å². The van der Waals surface area contributed by atoms with Gasteiger partial charge in [0.05, 0.1) is 0 Å². The summed E-state index contributed by atoms with van der Waals surface area (Å²) in [4.78, 5) is 0. The van der Waals surface area contributed by atoms with Crippen LogP contribution in [0.4, 0.5) is 5.69 Å². The van der Waals surface area contributed by atoms with Crippen LogP contribution in [0.3, 0.4) is 0 Å². The van der Waals surface area contributed by atoms with E-state index in [9.17, 15) is 0 Å². The van der Waals surface area contributed by atoms with Crippen molar-refractivity contribution in [1.82, 2.24) is 0 Å². The van der Waals surface area contributed by atoms with Gasteiger partial charge in [0.15, 0.2) is 0 Å². The zero-order chi connectivity index (χ0) is 12.1. The van der Waals surface area contributed by atoms with E-state index in [4.69, 9.17) is 5.73 Å². The summed E-state index contributed by atoms with van der Waals surface area (Å²) in [7, 11) is 0. The maximum Gasteiger partial charge on any atom is 0.0394 e. The van der Waals surface area contributed by atoms with Crippen LogP contribution in [0.5, 0.6) is 0 Å². The van der Waals surface area contributed by atoms with Crippen molar-refractivity contribution in [2.24, 2.45) is 0 Å². The molecule has 2 N–H and O–H groups in total. The topological polar surface area (TPSA) is 26.0 Å². The Balaban J connectivity index is 2.33. The van der Waals surface area contributed by atoms with E-state index in [0.717, 1.165) is 12.1 Å². The lowest BCUT2D eigenvalue weighted by molar-refractivity contribution is 1.30. The molecule has 3 aromatic rings. The SMILES string of the molecule is Nc1ccc2c3c(cc4ccccc42)CC=Cc13. The molecule has 0 aromatic heterocycles. The molecule has 0 aliphatic heterocycles. The lowest BCUT2D eigenvalue weighted by atomic mass is 9.89. The largest absolute Gasteiger partial charge is 0.398 e. The van der Waals surface area contributed by atoms with Crippen LogP contribution in [0.25, 0.3) is 27.6 Å². The molecule has 0 bridgehead atoms. The van der Waals surface area contributed by atoms with Crippen molar-refractivity contribution >= 4 is 33.3 Å². The van der Waals surface area contributed by atoms with Crippen LogP contribution in [0, 0.1) is 0 Å². The quantitative estimate of drug-likeness (QED) is 0.456. The van der Waals surface area contributed by atoms with Crippen molar-refractivity contribution in [3.63, 3.8) is 0 Å². The number of anilines is 1. The number of rotatable bonds is 0. The van der Waals surface area contributed by atoms with Crippen molar-refractivity contribution in [1.29, 1.82) is 0 Å². The Kier molecular flexibility index (Phi) is 1.81. The van der Waals surface area contributed by atoms with Crippen molar-refractivity contribution in [3.05, 3.63) is 59.7 Å². The maximum absolute atomic E-state index is 6.09. The zero-order valence-electron chi connectivity index (χ0n) is 9.98. The minimum absolute atomic E-state index is 0.870. The van der Waals surface area contributed by atoms with E-state index in [1.165, 1.54) is 32.7 Å². The van der Waals surface area contributed by atoms with Gasteiger partial charge in [-0.2, -0.15) is 0 Å². The number of nitrogens with two attached hydrogens (primary N) is 1. The smallest absolute Gasteiger partial charge is 0.0394 e. The number of allylic oxidation sites excluding steroid dienone is 1. The van der Waals surface area contributed by atoms with Crippen LogP contribution in [0.15, 0.2) is 48.5 Å². The highest BCUT2D eigenvalue weighted by Gasteiger charge is 2.13. The van der Waals surface area contributed by atoms with Gasteiger partial charge in [0.1, 0.15) is 0 Å². The van der Waals surface area contributed by atoms with Gasteiger partial charge < -0.3 is 5.73 Å². The first-order valence-corrected chi connectivity index (χ1v) is 6.24. The van der Waals surface area contributed by atoms with Gasteiger partial charge in [0.2, 0.25) is 0 Å². The van der Waals surface area contributed by atoms with Crippen LogP contribution in [0.1, 0.15) is 11.1 Å². The number of benzene rings is 3. The molecule has 0 unspecified atom stereocenters. The van der Waals surface area contributed by atoms with Gasteiger partial charge in [0.25, 0.3) is 0 Å². The third-order valence-corrected chi connectivity index (χ3v) is 3.80. The van der Waals surface area contributed by atoms with Crippen LogP contribution < -0.4 is 5.73 Å². The fourth-order valence-corrected chi connectivity index (χ4v) is 2.98. The first-order chi connectivity index (χ1) is 8.84. The summed E-state index contributed by atoms with van der Waals surface area (Å²) in [5.74, 6) is 0. The molecule has 0 saturated heterocycles. The summed E-state index contributed by atoms with van der Waals surface area (Å²) < 4.78 is 0. The average Bonchev–Trinajstić information content (AvgIpc) is 2.42. The van der Waals surface area contributed by atoms with Gasteiger partial charge >= 0.3 is 0 Å². The minimum Gasteiger partial charge on any atom is -0.398 e. The van der Waals surface area contributed by atoms with Crippen molar-refractivity contribution in [2.75, 3.05) is 5.73 Å². The van der Waals surface area contributed by atoms with E-state index in [-0.39, 0.29) is 0 Å². The van der Waals surface area contributed by atoms with E-state index >= 15 is 0 Å². The average molecular weight is 231 g/mol. The molecule has 1 aliphatic rings. The number of fused-ring (bicyclic) bond motifs is 2. The van der Waals surface area contributed by atoms with Crippen molar-refractivity contribution in [2.45, 2.75) is 6.42 Å². The molecule has 1 heteroatoms. The van der Waals surface area contributed by atoms with E-state index < -0.39 is 0 Å². The highest BCUT2D eigenvalue weighted by molar-refractivity contribution is 6.13. The van der Waals surface area contributed by atoms with Crippen LogP contribution >= 0.6 is 0 Å². The second-order valence-electron chi connectivity index (χ2n) is 4.85. The molecule has 0 amide bonds. The summed E-state index contributed by atoms with van der Waals surface area (Å²) in [5.41, 5.74) is 9.53. The van der Waals surface area contributed by atoms with Crippen LogP contribution in [-0.4, -0.2) is 0 Å². The molecule has 1 aliphatic carbocycles. The van der Waals surface area contributed by atoms with Crippen molar-refractivity contribution < 1.29 is 0 Å². The molecule has 0 spiro atoms. The molecular weight excluding hydrogens is 218 g/mol. The lowest BCUT2D eigenvalue weighted by Gasteiger charge is -2.16. The van der Waals surface area contributed by atoms with E-state index in [2.05, 4.69) is 48.6 Å². The van der Waals surface area contributed by atoms with E-state index in [1.54, 1.807) is 0 Å². The summed E-state index contributed by atoms with van der Waals surface area (Å²) >= 11 is 0. The Bertz CT molecular complexity index is 813. The Morgan fingerprint density at radius 2 is 1.83 bits per heavy atom. The van der Waals surface area contributed by atoms with Gasteiger partial charge in [-0.15, -0.1) is 0 Å². The molecule has 3 aromatic carbocycles. The highest BCUT2D eigenvalue weighted by atomic mass is 14.6. The summed E-state index contributed by atoms with van der Waals surface area (Å²) in [5, 5.41) is 5.27. The van der Waals surface area contributed by atoms with Crippen LogP contribution in [0.2, 0.25) is 0 Å². The van der Waals surface area contributed by atoms with Gasteiger partial charge in [-0.1, -0.05) is 48.6 Å². The minimum atomic E-state index is 0.870. The van der Waals surface area contributed by atoms with Crippen molar-refractivity contribution in [3.8, 4) is 0 Å². The monoisotopic (exact) mass is 231 g/mol. The third-order valence-electron chi connectivity index (χ3n) is 3.80. The number of hydrogen-bond acceptors (Lipinski definition) is 1. The Morgan fingerprint density at radius 1 is 0.944 bits per heavy atom. The molecule has 86 valence electrons. The Labute approximate surface area is 106 Å². The zero-order valence-corrected chi connectivity index (χ0v) is 9.98.